The summed E-state index contributed by atoms with van der Waals surface area (Å²) < 4.78 is 19.0. The van der Waals surface area contributed by atoms with Gasteiger partial charge in [0.2, 0.25) is 0 Å². The maximum Gasteiger partial charge on any atom is 0.127 e. The molecule has 2 rings (SSSR count). The third-order valence-electron chi connectivity index (χ3n) is 2.94. The number of hydrogen-bond donors (Lipinski definition) is 1. The first kappa shape index (κ1) is 13.6. The van der Waals surface area contributed by atoms with Crippen molar-refractivity contribution in [1.29, 1.82) is 0 Å². The topological polar surface area (TPSA) is 35.2 Å². The average Bonchev–Trinajstić information content (AvgIpc) is 2.36. The van der Waals surface area contributed by atoms with E-state index in [0.717, 1.165) is 11.1 Å². The van der Waals surface area contributed by atoms with Crippen molar-refractivity contribution in [3.8, 4) is 5.75 Å². The average molecular weight is 259 g/mol. The quantitative estimate of drug-likeness (QED) is 0.908. The zero-order chi connectivity index (χ0) is 13.8. The van der Waals surface area contributed by atoms with Crippen molar-refractivity contribution < 1.29 is 9.13 Å². The highest BCUT2D eigenvalue weighted by atomic mass is 19.1. The molecular formula is C16H18FNO. The van der Waals surface area contributed by atoms with Gasteiger partial charge in [0, 0.05) is 17.7 Å². The van der Waals surface area contributed by atoms with E-state index in [1.54, 1.807) is 6.07 Å². The van der Waals surface area contributed by atoms with E-state index >= 15 is 0 Å². The molecule has 0 amide bonds. The number of benzene rings is 2. The van der Waals surface area contributed by atoms with E-state index in [1.807, 2.05) is 38.1 Å². The van der Waals surface area contributed by atoms with E-state index < -0.39 is 0 Å². The van der Waals surface area contributed by atoms with Crippen molar-refractivity contribution in [2.75, 3.05) is 0 Å². The minimum Gasteiger partial charge on any atom is -0.488 e. The van der Waals surface area contributed by atoms with Crippen LogP contribution in [-0.4, -0.2) is 0 Å². The molecule has 2 aromatic rings. The van der Waals surface area contributed by atoms with Crippen LogP contribution in [0.1, 0.15) is 29.7 Å². The SMILES string of the molecule is Cc1cccc(COc2cc(F)ccc2C(C)N)c1. The number of hydrogen-bond acceptors (Lipinski definition) is 2. The van der Waals surface area contributed by atoms with Crippen LogP contribution < -0.4 is 10.5 Å². The molecule has 2 nitrogen and oxygen atoms in total. The Balaban J connectivity index is 2.17. The molecule has 0 aliphatic rings. The van der Waals surface area contributed by atoms with Gasteiger partial charge in [-0.25, -0.2) is 4.39 Å². The van der Waals surface area contributed by atoms with Gasteiger partial charge in [-0.2, -0.15) is 0 Å². The Hall–Kier alpha value is -1.87. The lowest BCUT2D eigenvalue weighted by Crippen LogP contribution is -2.08. The van der Waals surface area contributed by atoms with Gasteiger partial charge in [0.25, 0.3) is 0 Å². The fourth-order valence-corrected chi connectivity index (χ4v) is 1.97. The van der Waals surface area contributed by atoms with Gasteiger partial charge >= 0.3 is 0 Å². The van der Waals surface area contributed by atoms with Gasteiger partial charge in [0.15, 0.2) is 0 Å². The molecule has 0 saturated heterocycles. The van der Waals surface area contributed by atoms with Crippen LogP contribution in [0.3, 0.4) is 0 Å². The molecule has 1 unspecified atom stereocenters. The summed E-state index contributed by atoms with van der Waals surface area (Å²) in [6, 6.07) is 12.3. The van der Waals surface area contributed by atoms with Crippen LogP contribution in [0, 0.1) is 12.7 Å². The van der Waals surface area contributed by atoms with E-state index in [1.165, 1.54) is 17.7 Å². The summed E-state index contributed by atoms with van der Waals surface area (Å²) in [6.45, 7) is 4.29. The van der Waals surface area contributed by atoms with Crippen molar-refractivity contribution >= 4 is 0 Å². The monoisotopic (exact) mass is 259 g/mol. The first-order valence-electron chi connectivity index (χ1n) is 6.29. The minimum atomic E-state index is -0.316. The fourth-order valence-electron chi connectivity index (χ4n) is 1.97. The number of nitrogens with two attached hydrogens (primary N) is 1. The third kappa shape index (κ3) is 3.55. The van der Waals surface area contributed by atoms with Crippen LogP contribution in [0.15, 0.2) is 42.5 Å². The molecule has 0 heterocycles. The number of ether oxygens (including phenoxy) is 1. The largest absolute Gasteiger partial charge is 0.488 e. The standard InChI is InChI=1S/C16H18FNO/c1-11-4-3-5-13(8-11)10-19-16-9-14(17)6-7-15(16)12(2)18/h3-9,12H,10,18H2,1-2H3. The zero-order valence-electron chi connectivity index (χ0n) is 11.2. The van der Waals surface area contributed by atoms with Crippen molar-refractivity contribution in [3.05, 3.63) is 65.0 Å². The van der Waals surface area contributed by atoms with E-state index in [0.29, 0.717) is 12.4 Å². The molecule has 0 bridgehead atoms. The first-order chi connectivity index (χ1) is 9.06. The van der Waals surface area contributed by atoms with Crippen molar-refractivity contribution in [3.63, 3.8) is 0 Å². The lowest BCUT2D eigenvalue weighted by atomic mass is 10.1. The normalized spacial score (nSPS) is 12.2. The predicted octanol–water partition coefficient (Wildman–Crippen LogP) is 3.73. The molecule has 0 radical (unpaired) electrons. The van der Waals surface area contributed by atoms with Crippen molar-refractivity contribution in [2.24, 2.45) is 5.73 Å². The van der Waals surface area contributed by atoms with Gasteiger partial charge in [0.1, 0.15) is 18.2 Å². The lowest BCUT2D eigenvalue weighted by molar-refractivity contribution is 0.299. The highest BCUT2D eigenvalue weighted by Gasteiger charge is 2.09. The molecule has 3 heteroatoms. The second-order valence-electron chi connectivity index (χ2n) is 4.75. The number of rotatable bonds is 4. The third-order valence-corrected chi connectivity index (χ3v) is 2.94. The van der Waals surface area contributed by atoms with Gasteiger partial charge in [-0.05, 0) is 25.5 Å². The van der Waals surface area contributed by atoms with Crippen LogP contribution in [0.4, 0.5) is 4.39 Å². The van der Waals surface area contributed by atoms with Crippen LogP contribution in [0.25, 0.3) is 0 Å². The van der Waals surface area contributed by atoms with E-state index in [2.05, 4.69) is 0 Å². The molecule has 0 fully saturated rings. The van der Waals surface area contributed by atoms with E-state index in [4.69, 9.17) is 10.5 Å². The maximum atomic E-state index is 13.3. The smallest absolute Gasteiger partial charge is 0.127 e. The summed E-state index contributed by atoms with van der Waals surface area (Å²) in [7, 11) is 0. The Bertz CT molecular complexity index is 566. The predicted molar refractivity (Wildman–Crippen MR) is 74.5 cm³/mol. The van der Waals surface area contributed by atoms with Crippen molar-refractivity contribution in [1.82, 2.24) is 0 Å². The number of halogens is 1. The van der Waals surface area contributed by atoms with Crippen LogP contribution in [-0.2, 0) is 6.61 Å². The lowest BCUT2D eigenvalue weighted by Gasteiger charge is -2.14. The number of aryl methyl sites for hydroxylation is 1. The summed E-state index contributed by atoms with van der Waals surface area (Å²) in [5.41, 5.74) is 8.90. The Labute approximate surface area is 113 Å². The maximum absolute atomic E-state index is 13.3. The molecule has 0 aromatic heterocycles. The minimum absolute atomic E-state index is 0.187. The van der Waals surface area contributed by atoms with E-state index in [9.17, 15) is 4.39 Å². The second-order valence-corrected chi connectivity index (χ2v) is 4.75. The van der Waals surface area contributed by atoms with Gasteiger partial charge in [-0.1, -0.05) is 35.9 Å². The summed E-state index contributed by atoms with van der Waals surface area (Å²) in [5, 5.41) is 0. The van der Waals surface area contributed by atoms with Gasteiger partial charge in [-0.15, -0.1) is 0 Å². The Morgan fingerprint density at radius 2 is 2.00 bits per heavy atom. The van der Waals surface area contributed by atoms with Crippen LogP contribution in [0.5, 0.6) is 5.75 Å². The highest BCUT2D eigenvalue weighted by molar-refractivity contribution is 5.36. The molecule has 0 spiro atoms. The summed E-state index contributed by atoms with van der Waals surface area (Å²) in [5.74, 6) is 0.195. The first-order valence-corrected chi connectivity index (χ1v) is 6.29. The zero-order valence-corrected chi connectivity index (χ0v) is 11.2. The molecule has 100 valence electrons. The Morgan fingerprint density at radius 1 is 1.21 bits per heavy atom. The van der Waals surface area contributed by atoms with Crippen molar-refractivity contribution in [2.45, 2.75) is 26.5 Å². The second kappa shape index (κ2) is 5.85. The van der Waals surface area contributed by atoms with Crippen LogP contribution in [0.2, 0.25) is 0 Å². The van der Waals surface area contributed by atoms with Crippen LogP contribution >= 0.6 is 0 Å². The summed E-state index contributed by atoms with van der Waals surface area (Å²) >= 11 is 0. The summed E-state index contributed by atoms with van der Waals surface area (Å²) in [4.78, 5) is 0. The Kier molecular flexibility index (Phi) is 4.17. The van der Waals surface area contributed by atoms with Gasteiger partial charge < -0.3 is 10.5 Å². The molecule has 1 atom stereocenters. The molecular weight excluding hydrogens is 241 g/mol. The molecule has 19 heavy (non-hydrogen) atoms. The van der Waals surface area contributed by atoms with Gasteiger partial charge in [-0.3, -0.25) is 0 Å². The van der Waals surface area contributed by atoms with Gasteiger partial charge in [0.05, 0.1) is 0 Å². The summed E-state index contributed by atoms with van der Waals surface area (Å²) in [6.07, 6.45) is 0. The van der Waals surface area contributed by atoms with E-state index in [-0.39, 0.29) is 11.9 Å². The molecule has 2 aromatic carbocycles. The highest BCUT2D eigenvalue weighted by Crippen LogP contribution is 2.25. The molecule has 0 aliphatic heterocycles. The molecule has 2 N–H and O–H groups in total. The molecule has 0 aliphatic carbocycles. The Morgan fingerprint density at radius 3 is 2.68 bits per heavy atom. The molecule has 0 saturated carbocycles. The fraction of sp³-hybridized carbons (Fsp3) is 0.250.